The molecular formula is C15H17N5S2. The lowest BCUT2D eigenvalue weighted by Crippen LogP contribution is -2.37. The van der Waals surface area contributed by atoms with Gasteiger partial charge in [0.05, 0.1) is 5.69 Å². The summed E-state index contributed by atoms with van der Waals surface area (Å²) in [5, 5.41) is 19.5. The van der Waals surface area contributed by atoms with Gasteiger partial charge in [-0.25, -0.2) is 4.98 Å². The molecule has 7 heteroatoms. The molecule has 3 aromatic rings. The molecule has 4 rings (SSSR count). The Balaban J connectivity index is 1.38. The molecule has 1 unspecified atom stereocenters. The summed E-state index contributed by atoms with van der Waals surface area (Å²) >= 11 is 3.43. The summed E-state index contributed by atoms with van der Waals surface area (Å²) in [6, 6.07) is 2.59. The Morgan fingerprint density at radius 1 is 1.36 bits per heavy atom. The highest BCUT2D eigenvalue weighted by Gasteiger charge is 2.21. The molecule has 3 aromatic heterocycles. The van der Waals surface area contributed by atoms with E-state index in [2.05, 4.69) is 42.3 Å². The first-order valence-electron chi connectivity index (χ1n) is 7.38. The van der Waals surface area contributed by atoms with Crippen molar-refractivity contribution in [2.24, 2.45) is 0 Å². The molecule has 0 fully saturated rings. The smallest absolute Gasteiger partial charge is 0.133 e. The fraction of sp³-hybridized carbons (Fsp3) is 0.400. The van der Waals surface area contributed by atoms with Gasteiger partial charge in [0, 0.05) is 41.9 Å². The van der Waals surface area contributed by atoms with Gasteiger partial charge in [0.1, 0.15) is 16.7 Å². The molecule has 114 valence electrons. The van der Waals surface area contributed by atoms with Crippen LogP contribution in [0.25, 0.3) is 10.6 Å². The van der Waals surface area contributed by atoms with Crippen LogP contribution >= 0.6 is 22.7 Å². The van der Waals surface area contributed by atoms with Gasteiger partial charge in [-0.1, -0.05) is 0 Å². The molecule has 0 saturated carbocycles. The number of rotatable bonds is 4. The lowest BCUT2D eigenvalue weighted by molar-refractivity contribution is 0.374. The van der Waals surface area contributed by atoms with E-state index in [1.54, 1.807) is 22.7 Å². The molecule has 1 atom stereocenters. The van der Waals surface area contributed by atoms with E-state index in [9.17, 15) is 0 Å². The minimum absolute atomic E-state index is 0.466. The molecule has 1 aliphatic rings. The molecule has 22 heavy (non-hydrogen) atoms. The average molecular weight is 331 g/mol. The highest BCUT2D eigenvalue weighted by Crippen LogP contribution is 2.25. The standard InChI is InChI=1S/C15H17N5S2/c1-10-18-19-14-3-2-12(7-20(10)14)16-6-13-9-22-15(17-13)11-4-5-21-8-11/h4-5,8-9,12,16H,2-3,6-7H2,1H3. The maximum Gasteiger partial charge on any atom is 0.133 e. The number of aryl methyl sites for hydroxylation is 2. The first kappa shape index (κ1) is 14.0. The van der Waals surface area contributed by atoms with E-state index in [1.807, 2.05) is 6.92 Å². The minimum atomic E-state index is 0.466. The third kappa shape index (κ3) is 2.71. The van der Waals surface area contributed by atoms with Crippen molar-refractivity contribution in [1.29, 1.82) is 0 Å². The number of thiazole rings is 1. The molecule has 0 spiro atoms. The largest absolute Gasteiger partial charge is 0.314 e. The minimum Gasteiger partial charge on any atom is -0.314 e. The van der Waals surface area contributed by atoms with Crippen LogP contribution in [0.4, 0.5) is 0 Å². The predicted molar refractivity (Wildman–Crippen MR) is 89.1 cm³/mol. The van der Waals surface area contributed by atoms with Crippen LogP contribution < -0.4 is 5.32 Å². The molecule has 1 N–H and O–H groups in total. The number of nitrogens with zero attached hydrogens (tertiary/aromatic N) is 4. The Labute approximate surface area is 137 Å². The number of hydrogen-bond donors (Lipinski definition) is 1. The molecule has 0 bridgehead atoms. The number of aromatic nitrogens is 4. The predicted octanol–water partition coefficient (Wildman–Crippen LogP) is 2.88. The zero-order valence-electron chi connectivity index (χ0n) is 12.3. The van der Waals surface area contributed by atoms with Crippen molar-refractivity contribution in [2.75, 3.05) is 0 Å². The molecule has 5 nitrogen and oxygen atoms in total. The van der Waals surface area contributed by atoms with Crippen LogP contribution in [0.1, 0.15) is 23.8 Å². The molecular weight excluding hydrogens is 314 g/mol. The van der Waals surface area contributed by atoms with E-state index in [0.29, 0.717) is 6.04 Å². The average Bonchev–Trinajstić information content (AvgIpc) is 3.26. The van der Waals surface area contributed by atoms with Crippen LogP contribution in [-0.4, -0.2) is 25.8 Å². The van der Waals surface area contributed by atoms with Gasteiger partial charge in [-0.2, -0.15) is 11.3 Å². The SMILES string of the molecule is Cc1nnc2n1CC(NCc1csc(-c3ccsc3)n1)CC2. The van der Waals surface area contributed by atoms with Crippen molar-refractivity contribution in [3.05, 3.63) is 39.5 Å². The van der Waals surface area contributed by atoms with Gasteiger partial charge in [0.15, 0.2) is 0 Å². The molecule has 0 aliphatic carbocycles. The lowest BCUT2D eigenvalue weighted by atomic mass is 10.1. The monoisotopic (exact) mass is 331 g/mol. The maximum absolute atomic E-state index is 4.72. The van der Waals surface area contributed by atoms with E-state index in [-0.39, 0.29) is 0 Å². The van der Waals surface area contributed by atoms with Crippen molar-refractivity contribution in [3.63, 3.8) is 0 Å². The molecule has 4 heterocycles. The molecule has 0 radical (unpaired) electrons. The maximum atomic E-state index is 4.72. The van der Waals surface area contributed by atoms with E-state index < -0.39 is 0 Å². The third-order valence-corrected chi connectivity index (χ3v) is 5.65. The van der Waals surface area contributed by atoms with Crippen LogP contribution in [0.2, 0.25) is 0 Å². The first-order valence-corrected chi connectivity index (χ1v) is 9.21. The Morgan fingerprint density at radius 3 is 3.18 bits per heavy atom. The van der Waals surface area contributed by atoms with Crippen molar-refractivity contribution >= 4 is 22.7 Å². The topological polar surface area (TPSA) is 55.6 Å². The van der Waals surface area contributed by atoms with E-state index in [1.165, 1.54) is 5.56 Å². The molecule has 1 aliphatic heterocycles. The third-order valence-electron chi connectivity index (χ3n) is 4.02. The summed E-state index contributed by atoms with van der Waals surface area (Å²) in [6.07, 6.45) is 2.11. The van der Waals surface area contributed by atoms with Gasteiger partial charge in [-0.3, -0.25) is 0 Å². The number of nitrogens with one attached hydrogen (secondary N) is 1. The fourth-order valence-corrected chi connectivity index (χ4v) is 4.32. The van der Waals surface area contributed by atoms with E-state index in [0.717, 1.165) is 48.3 Å². The molecule has 0 amide bonds. The van der Waals surface area contributed by atoms with Crippen molar-refractivity contribution in [2.45, 2.75) is 38.9 Å². The Morgan fingerprint density at radius 2 is 2.32 bits per heavy atom. The summed E-state index contributed by atoms with van der Waals surface area (Å²) in [7, 11) is 0. The lowest BCUT2D eigenvalue weighted by Gasteiger charge is -2.24. The van der Waals surface area contributed by atoms with Gasteiger partial charge >= 0.3 is 0 Å². The highest BCUT2D eigenvalue weighted by atomic mass is 32.1. The van der Waals surface area contributed by atoms with Crippen molar-refractivity contribution in [3.8, 4) is 10.6 Å². The van der Waals surface area contributed by atoms with Gasteiger partial charge in [0.2, 0.25) is 0 Å². The summed E-state index contributed by atoms with van der Waals surface area (Å²) in [5.41, 5.74) is 2.35. The van der Waals surface area contributed by atoms with Gasteiger partial charge < -0.3 is 9.88 Å². The van der Waals surface area contributed by atoms with Gasteiger partial charge in [-0.05, 0) is 24.8 Å². The normalized spacial score (nSPS) is 17.6. The quantitative estimate of drug-likeness (QED) is 0.799. The van der Waals surface area contributed by atoms with Crippen LogP contribution in [0, 0.1) is 6.92 Å². The van der Waals surface area contributed by atoms with Crippen molar-refractivity contribution < 1.29 is 0 Å². The number of fused-ring (bicyclic) bond motifs is 1. The van der Waals surface area contributed by atoms with Crippen LogP contribution in [0.15, 0.2) is 22.2 Å². The second-order valence-corrected chi connectivity index (χ2v) is 7.18. The summed E-state index contributed by atoms with van der Waals surface area (Å²) in [5.74, 6) is 2.12. The number of thiophene rings is 1. The summed E-state index contributed by atoms with van der Waals surface area (Å²) < 4.78 is 2.22. The summed E-state index contributed by atoms with van der Waals surface area (Å²) in [6.45, 7) is 3.80. The highest BCUT2D eigenvalue weighted by molar-refractivity contribution is 7.14. The second-order valence-electron chi connectivity index (χ2n) is 5.55. The van der Waals surface area contributed by atoms with Crippen LogP contribution in [-0.2, 0) is 19.5 Å². The van der Waals surface area contributed by atoms with E-state index >= 15 is 0 Å². The van der Waals surface area contributed by atoms with Gasteiger partial charge in [0.25, 0.3) is 0 Å². The summed E-state index contributed by atoms with van der Waals surface area (Å²) in [4.78, 5) is 4.72. The Hall–Kier alpha value is -1.57. The zero-order chi connectivity index (χ0) is 14.9. The van der Waals surface area contributed by atoms with E-state index in [4.69, 9.17) is 4.98 Å². The molecule has 0 saturated heterocycles. The first-order chi connectivity index (χ1) is 10.8. The Bertz CT molecular complexity index is 759. The number of hydrogen-bond acceptors (Lipinski definition) is 6. The van der Waals surface area contributed by atoms with Gasteiger partial charge in [-0.15, -0.1) is 21.5 Å². The zero-order valence-corrected chi connectivity index (χ0v) is 14.0. The van der Waals surface area contributed by atoms with Crippen molar-refractivity contribution in [1.82, 2.24) is 25.1 Å². The second kappa shape index (κ2) is 5.91. The fourth-order valence-electron chi connectivity index (χ4n) is 2.78. The Kier molecular flexibility index (Phi) is 3.77. The van der Waals surface area contributed by atoms with Crippen LogP contribution in [0.3, 0.4) is 0 Å². The molecule has 0 aromatic carbocycles. The van der Waals surface area contributed by atoms with Crippen LogP contribution in [0.5, 0.6) is 0 Å².